The van der Waals surface area contributed by atoms with E-state index in [1.54, 1.807) is 31.7 Å². The quantitative estimate of drug-likeness (QED) is 0.421. The molecule has 0 bridgehead atoms. The molecule has 0 fully saturated rings. The zero-order chi connectivity index (χ0) is 27.8. The van der Waals surface area contributed by atoms with Crippen LogP contribution in [0.5, 0.6) is 0 Å². The Morgan fingerprint density at radius 3 is 2.14 bits per heavy atom. The Bertz CT molecular complexity index is 912. The van der Waals surface area contributed by atoms with Crippen molar-refractivity contribution in [3.8, 4) is 0 Å². The number of hydrogen-bond acceptors (Lipinski definition) is 4. The third kappa shape index (κ3) is 9.32. The van der Waals surface area contributed by atoms with Crippen LogP contribution in [0.3, 0.4) is 0 Å². The maximum absolute atomic E-state index is 14.2. The first-order valence-electron chi connectivity index (χ1n) is 12.9. The highest BCUT2D eigenvalue weighted by Crippen LogP contribution is 2.31. The van der Waals surface area contributed by atoms with E-state index in [9.17, 15) is 14.4 Å². The first-order chi connectivity index (χ1) is 16.5. The van der Waals surface area contributed by atoms with Gasteiger partial charge in [-0.2, -0.15) is 0 Å². The van der Waals surface area contributed by atoms with E-state index in [0.717, 1.165) is 18.4 Å². The Morgan fingerprint density at radius 2 is 1.67 bits per heavy atom. The van der Waals surface area contributed by atoms with Crippen LogP contribution < -0.4 is 10.6 Å². The van der Waals surface area contributed by atoms with Crippen molar-refractivity contribution < 1.29 is 19.1 Å². The number of rotatable bonds is 10. The number of carbonyl (C=O) groups excluding carboxylic acids is 3. The predicted octanol–water partition coefficient (Wildman–Crippen LogP) is 5.85. The molecule has 0 saturated carbocycles. The number of amides is 3. The number of ether oxygens (including phenoxy) is 1. The summed E-state index contributed by atoms with van der Waals surface area (Å²) in [5, 5.41) is 5.85. The lowest BCUT2D eigenvalue weighted by Gasteiger charge is -2.44. The number of hydrogen-bond donors (Lipinski definition) is 2. The molecule has 202 valence electrons. The summed E-state index contributed by atoms with van der Waals surface area (Å²) in [4.78, 5) is 42.2. The fourth-order valence-electron chi connectivity index (χ4n) is 4.04. The number of alkyl carbamates (subject to hydrolysis) is 1. The highest BCUT2D eigenvalue weighted by Gasteiger charge is 2.42. The Kier molecular flexibility index (Phi) is 11.2. The standard InChI is InChI=1S/C29H47N3O4/c1-12-15-20(5)30-25(33)24(22-17-14-16-21(13-2)18-22)32(28(6,7)8)26(34)23(19(3)4)31-27(35)36-29(9,10)11/h13-14,16-20,23-24H,2,12,15H2,1,3-11H3,(H,30,33)(H,31,35). The van der Waals surface area contributed by atoms with E-state index in [-0.39, 0.29) is 23.8 Å². The Morgan fingerprint density at radius 1 is 1.06 bits per heavy atom. The summed E-state index contributed by atoms with van der Waals surface area (Å²) in [6.45, 7) is 22.6. The third-order valence-electron chi connectivity index (χ3n) is 5.64. The second-order valence-corrected chi connectivity index (χ2v) is 11.7. The van der Waals surface area contributed by atoms with Gasteiger partial charge in [-0.15, -0.1) is 0 Å². The first-order valence-corrected chi connectivity index (χ1v) is 12.9. The summed E-state index contributed by atoms with van der Waals surface area (Å²) < 4.78 is 5.43. The van der Waals surface area contributed by atoms with Crippen molar-refractivity contribution in [3.63, 3.8) is 0 Å². The van der Waals surface area contributed by atoms with Gasteiger partial charge in [0.2, 0.25) is 11.8 Å². The van der Waals surface area contributed by atoms with Gasteiger partial charge in [-0.3, -0.25) is 9.59 Å². The van der Waals surface area contributed by atoms with Crippen molar-refractivity contribution in [2.75, 3.05) is 0 Å². The largest absolute Gasteiger partial charge is 0.444 e. The molecule has 7 heteroatoms. The van der Waals surface area contributed by atoms with Crippen molar-refractivity contribution in [2.45, 2.75) is 111 Å². The van der Waals surface area contributed by atoms with Crippen LogP contribution >= 0.6 is 0 Å². The zero-order valence-electron chi connectivity index (χ0n) is 23.9. The van der Waals surface area contributed by atoms with E-state index >= 15 is 0 Å². The molecule has 0 aliphatic heterocycles. The maximum Gasteiger partial charge on any atom is 0.408 e. The van der Waals surface area contributed by atoms with Gasteiger partial charge in [-0.1, -0.05) is 58.0 Å². The monoisotopic (exact) mass is 501 g/mol. The maximum atomic E-state index is 14.2. The van der Waals surface area contributed by atoms with Crippen LogP contribution in [0, 0.1) is 5.92 Å². The highest BCUT2D eigenvalue weighted by molar-refractivity contribution is 5.93. The molecular formula is C29H47N3O4. The summed E-state index contributed by atoms with van der Waals surface area (Å²) in [7, 11) is 0. The van der Waals surface area contributed by atoms with Gasteiger partial charge < -0.3 is 20.3 Å². The molecule has 3 unspecified atom stereocenters. The topological polar surface area (TPSA) is 87.7 Å². The summed E-state index contributed by atoms with van der Waals surface area (Å²) in [6, 6.07) is 5.63. The van der Waals surface area contributed by atoms with E-state index in [1.807, 2.05) is 65.8 Å². The van der Waals surface area contributed by atoms with Crippen LogP contribution in [0.4, 0.5) is 4.79 Å². The number of nitrogens with one attached hydrogen (secondary N) is 2. The third-order valence-corrected chi connectivity index (χ3v) is 5.64. The van der Waals surface area contributed by atoms with Crippen LogP contribution in [0.2, 0.25) is 0 Å². The molecule has 3 atom stereocenters. The van der Waals surface area contributed by atoms with Crippen LogP contribution in [-0.4, -0.2) is 46.0 Å². The van der Waals surface area contributed by atoms with E-state index in [0.29, 0.717) is 5.56 Å². The molecule has 0 aromatic heterocycles. The minimum Gasteiger partial charge on any atom is -0.444 e. The molecule has 1 aromatic rings. The average molecular weight is 502 g/mol. The summed E-state index contributed by atoms with van der Waals surface area (Å²) in [6.07, 6.45) is 2.79. The lowest BCUT2D eigenvalue weighted by atomic mass is 9.92. The van der Waals surface area contributed by atoms with Gasteiger partial charge in [0.25, 0.3) is 0 Å². The van der Waals surface area contributed by atoms with Crippen molar-refractivity contribution in [1.82, 2.24) is 15.5 Å². The summed E-state index contributed by atoms with van der Waals surface area (Å²) >= 11 is 0. The van der Waals surface area contributed by atoms with Crippen molar-refractivity contribution >= 4 is 24.0 Å². The molecule has 36 heavy (non-hydrogen) atoms. The summed E-state index contributed by atoms with van der Waals surface area (Å²) in [5.41, 5.74) is 0.0820. The minimum atomic E-state index is -0.904. The molecule has 0 heterocycles. The van der Waals surface area contributed by atoms with Crippen molar-refractivity contribution in [1.29, 1.82) is 0 Å². The fourth-order valence-corrected chi connectivity index (χ4v) is 4.04. The Balaban J connectivity index is 3.60. The minimum absolute atomic E-state index is 0.0507. The van der Waals surface area contributed by atoms with Gasteiger partial charge in [0.1, 0.15) is 17.7 Å². The smallest absolute Gasteiger partial charge is 0.408 e. The van der Waals surface area contributed by atoms with Gasteiger partial charge in [-0.05, 0) is 78.0 Å². The molecule has 0 saturated heterocycles. The molecule has 0 spiro atoms. The highest BCUT2D eigenvalue weighted by atomic mass is 16.6. The van der Waals surface area contributed by atoms with Gasteiger partial charge in [0.05, 0.1) is 0 Å². The molecule has 0 radical (unpaired) electrons. The van der Waals surface area contributed by atoms with Crippen LogP contribution in [0.1, 0.15) is 99.2 Å². The van der Waals surface area contributed by atoms with Crippen molar-refractivity contribution in [2.24, 2.45) is 5.92 Å². The first kappa shape index (κ1) is 31.2. The van der Waals surface area contributed by atoms with Gasteiger partial charge >= 0.3 is 6.09 Å². The van der Waals surface area contributed by atoms with E-state index in [4.69, 9.17) is 4.74 Å². The number of benzene rings is 1. The molecule has 1 rings (SSSR count). The van der Waals surface area contributed by atoms with Crippen LogP contribution in [0.15, 0.2) is 30.8 Å². The normalized spacial score (nSPS) is 14.4. The lowest BCUT2D eigenvalue weighted by Crippen LogP contribution is -2.60. The van der Waals surface area contributed by atoms with Crippen LogP contribution in [-0.2, 0) is 14.3 Å². The lowest BCUT2D eigenvalue weighted by molar-refractivity contribution is -0.149. The average Bonchev–Trinajstić information content (AvgIpc) is 2.73. The van der Waals surface area contributed by atoms with Crippen LogP contribution in [0.25, 0.3) is 6.08 Å². The molecule has 3 amide bonds. The molecular weight excluding hydrogens is 454 g/mol. The number of nitrogens with zero attached hydrogens (tertiary/aromatic N) is 1. The molecule has 2 N–H and O–H groups in total. The Labute approximate surface area is 218 Å². The van der Waals surface area contributed by atoms with Crippen molar-refractivity contribution in [3.05, 3.63) is 42.0 Å². The molecule has 7 nitrogen and oxygen atoms in total. The van der Waals surface area contributed by atoms with Gasteiger partial charge in [-0.25, -0.2) is 4.79 Å². The Hall–Kier alpha value is -2.83. The second kappa shape index (κ2) is 12.9. The summed E-state index contributed by atoms with van der Waals surface area (Å²) in [5.74, 6) is -0.854. The van der Waals surface area contributed by atoms with Gasteiger partial charge in [0, 0.05) is 11.6 Å². The van der Waals surface area contributed by atoms with Gasteiger partial charge in [0.15, 0.2) is 0 Å². The molecule has 0 aliphatic carbocycles. The zero-order valence-corrected chi connectivity index (χ0v) is 23.9. The van der Waals surface area contributed by atoms with E-state index < -0.39 is 29.3 Å². The predicted molar refractivity (Wildman–Crippen MR) is 146 cm³/mol. The second-order valence-electron chi connectivity index (χ2n) is 11.7. The molecule has 0 aliphatic rings. The van der Waals surface area contributed by atoms with E-state index in [2.05, 4.69) is 24.1 Å². The fraction of sp³-hybridized carbons (Fsp3) is 0.621. The SMILES string of the molecule is C=Cc1cccc(C(C(=O)NC(C)CCC)N(C(=O)C(NC(=O)OC(C)(C)C)C(C)C)C(C)(C)C)c1. The molecule has 1 aromatic carbocycles. The number of carbonyl (C=O) groups is 3. The van der Waals surface area contributed by atoms with E-state index in [1.165, 1.54) is 0 Å².